The summed E-state index contributed by atoms with van der Waals surface area (Å²) in [5.74, 6) is 0.241. The lowest BCUT2D eigenvalue weighted by molar-refractivity contribution is 0.614. The number of pyridine rings is 1. The van der Waals surface area contributed by atoms with Crippen molar-refractivity contribution in [1.29, 1.82) is 0 Å². The lowest BCUT2D eigenvalue weighted by Crippen LogP contribution is -2.22. The predicted molar refractivity (Wildman–Crippen MR) is 57.8 cm³/mol. The molecule has 5 nitrogen and oxygen atoms in total. The summed E-state index contributed by atoms with van der Waals surface area (Å²) in [6.07, 6.45) is 2.38. The second kappa shape index (κ2) is 3.71. The molecule has 0 aliphatic carbocycles. The largest absolute Gasteiger partial charge is 0.349 e. The van der Waals surface area contributed by atoms with Gasteiger partial charge in [-0.2, -0.15) is 4.98 Å². The number of fused-ring (bicyclic) bond motifs is 1. The van der Waals surface area contributed by atoms with Crippen LogP contribution in [0.1, 0.15) is 6.42 Å². The van der Waals surface area contributed by atoms with E-state index in [1.807, 2.05) is 0 Å². The summed E-state index contributed by atoms with van der Waals surface area (Å²) < 4.78 is 14.4. The van der Waals surface area contributed by atoms with Crippen LogP contribution in [0.2, 0.25) is 0 Å². The van der Waals surface area contributed by atoms with Gasteiger partial charge in [0, 0.05) is 12.6 Å². The summed E-state index contributed by atoms with van der Waals surface area (Å²) in [6.45, 7) is 1.93. The van der Waals surface area contributed by atoms with E-state index in [-0.39, 0.29) is 5.82 Å². The molecule has 0 radical (unpaired) electrons. The summed E-state index contributed by atoms with van der Waals surface area (Å²) in [7, 11) is 0. The third-order valence-electron chi connectivity index (χ3n) is 2.69. The molecule has 0 bridgehead atoms. The van der Waals surface area contributed by atoms with Crippen molar-refractivity contribution in [2.24, 2.45) is 0 Å². The Bertz CT molecular complexity index is 503. The Labute approximate surface area is 91.7 Å². The highest BCUT2D eigenvalue weighted by atomic mass is 19.1. The van der Waals surface area contributed by atoms with Crippen LogP contribution in [0, 0.1) is 5.82 Å². The molecule has 1 fully saturated rings. The van der Waals surface area contributed by atoms with E-state index < -0.39 is 0 Å². The third kappa shape index (κ3) is 1.71. The number of aromatic nitrogens is 3. The number of hydrogen-bond donors (Lipinski definition) is 2. The first-order valence-corrected chi connectivity index (χ1v) is 5.30. The quantitative estimate of drug-likeness (QED) is 0.781. The van der Waals surface area contributed by atoms with Gasteiger partial charge in [-0.15, -0.1) is 5.10 Å². The molecule has 1 aliphatic rings. The maximum absolute atomic E-state index is 12.9. The highest BCUT2D eigenvalue weighted by Crippen LogP contribution is 2.10. The molecule has 3 heterocycles. The maximum atomic E-state index is 12.9. The van der Waals surface area contributed by atoms with Gasteiger partial charge in [0.2, 0.25) is 5.95 Å². The molecule has 2 N–H and O–H groups in total. The Morgan fingerprint density at radius 3 is 3.25 bits per heavy atom. The smallest absolute Gasteiger partial charge is 0.243 e. The van der Waals surface area contributed by atoms with E-state index >= 15 is 0 Å². The maximum Gasteiger partial charge on any atom is 0.243 e. The lowest BCUT2D eigenvalue weighted by Gasteiger charge is -2.07. The normalized spacial score (nSPS) is 20.4. The molecule has 2 aromatic heterocycles. The van der Waals surface area contributed by atoms with E-state index in [1.54, 1.807) is 6.07 Å². The predicted octanol–water partition coefficient (Wildman–Crippen LogP) is 0.642. The van der Waals surface area contributed by atoms with Crippen molar-refractivity contribution in [3.63, 3.8) is 0 Å². The van der Waals surface area contributed by atoms with Crippen molar-refractivity contribution < 1.29 is 4.39 Å². The number of nitrogens with zero attached hydrogens (tertiary/aromatic N) is 3. The van der Waals surface area contributed by atoms with Crippen molar-refractivity contribution in [3.05, 3.63) is 24.1 Å². The van der Waals surface area contributed by atoms with Crippen molar-refractivity contribution >= 4 is 11.6 Å². The highest BCUT2D eigenvalue weighted by Gasteiger charge is 2.15. The monoisotopic (exact) mass is 221 g/mol. The molecule has 1 aliphatic heterocycles. The lowest BCUT2D eigenvalue weighted by atomic mass is 10.3. The van der Waals surface area contributed by atoms with Crippen LogP contribution in [-0.2, 0) is 0 Å². The Kier molecular flexibility index (Phi) is 2.21. The Balaban J connectivity index is 1.86. The third-order valence-corrected chi connectivity index (χ3v) is 2.69. The van der Waals surface area contributed by atoms with Crippen LogP contribution >= 0.6 is 0 Å². The van der Waals surface area contributed by atoms with Crippen LogP contribution in [0.25, 0.3) is 5.65 Å². The standard InChI is InChI=1S/C10H12FN5/c11-7-1-2-9-14-10(15-16(9)6-7)13-8-3-4-12-5-8/h1-2,6,8,12H,3-5H2,(H,13,15). The van der Waals surface area contributed by atoms with Crippen LogP contribution in [0.5, 0.6) is 0 Å². The topological polar surface area (TPSA) is 54.2 Å². The number of halogens is 1. The van der Waals surface area contributed by atoms with Crippen LogP contribution in [0.4, 0.5) is 10.3 Å². The fraction of sp³-hybridized carbons (Fsp3) is 0.400. The van der Waals surface area contributed by atoms with Gasteiger partial charge in [-0.05, 0) is 25.1 Å². The molecular formula is C10H12FN5. The average Bonchev–Trinajstić information content (AvgIpc) is 2.86. The van der Waals surface area contributed by atoms with E-state index in [2.05, 4.69) is 20.7 Å². The molecule has 1 unspecified atom stereocenters. The molecule has 1 saturated heterocycles. The second-order valence-electron chi connectivity index (χ2n) is 3.92. The molecule has 0 saturated carbocycles. The number of hydrogen-bond acceptors (Lipinski definition) is 4. The molecule has 0 spiro atoms. The van der Waals surface area contributed by atoms with E-state index in [1.165, 1.54) is 16.8 Å². The fourth-order valence-electron chi connectivity index (χ4n) is 1.88. The SMILES string of the molecule is Fc1ccc2nc(NC3CCNC3)nn2c1. The zero-order chi connectivity index (χ0) is 11.0. The summed E-state index contributed by atoms with van der Waals surface area (Å²) in [5, 5.41) is 10.6. The van der Waals surface area contributed by atoms with Crippen molar-refractivity contribution in [2.45, 2.75) is 12.5 Å². The van der Waals surface area contributed by atoms with Crippen molar-refractivity contribution in [3.8, 4) is 0 Å². The average molecular weight is 221 g/mol. The van der Waals surface area contributed by atoms with Crippen LogP contribution in [-0.4, -0.2) is 33.7 Å². The van der Waals surface area contributed by atoms with Crippen LogP contribution in [0.3, 0.4) is 0 Å². The number of rotatable bonds is 2. The van der Waals surface area contributed by atoms with Crippen LogP contribution in [0.15, 0.2) is 18.3 Å². The zero-order valence-corrected chi connectivity index (χ0v) is 8.65. The molecule has 3 rings (SSSR count). The minimum absolute atomic E-state index is 0.313. The molecule has 2 aromatic rings. The minimum atomic E-state index is -0.313. The van der Waals surface area contributed by atoms with Gasteiger partial charge in [0.05, 0.1) is 6.20 Å². The van der Waals surface area contributed by atoms with Gasteiger partial charge in [-0.25, -0.2) is 8.91 Å². The summed E-state index contributed by atoms with van der Waals surface area (Å²) in [5.41, 5.74) is 0.648. The molecule has 1 atom stereocenters. The number of anilines is 1. The van der Waals surface area contributed by atoms with Gasteiger partial charge >= 0.3 is 0 Å². The van der Waals surface area contributed by atoms with E-state index in [0.717, 1.165) is 19.5 Å². The first kappa shape index (κ1) is 9.53. The first-order chi connectivity index (χ1) is 7.81. The summed E-state index contributed by atoms with van der Waals surface area (Å²) >= 11 is 0. The zero-order valence-electron chi connectivity index (χ0n) is 8.65. The molecule has 6 heteroatoms. The Morgan fingerprint density at radius 2 is 2.44 bits per heavy atom. The molecule has 84 valence electrons. The van der Waals surface area contributed by atoms with E-state index in [4.69, 9.17) is 0 Å². The number of nitrogens with one attached hydrogen (secondary N) is 2. The Hall–Kier alpha value is -1.69. The van der Waals surface area contributed by atoms with Gasteiger partial charge in [0.25, 0.3) is 0 Å². The van der Waals surface area contributed by atoms with Gasteiger partial charge < -0.3 is 10.6 Å². The van der Waals surface area contributed by atoms with E-state index in [9.17, 15) is 4.39 Å². The summed E-state index contributed by atoms with van der Waals surface area (Å²) in [4.78, 5) is 4.26. The van der Waals surface area contributed by atoms with Crippen LogP contribution < -0.4 is 10.6 Å². The molecule has 0 aromatic carbocycles. The van der Waals surface area contributed by atoms with Crippen molar-refractivity contribution in [1.82, 2.24) is 19.9 Å². The van der Waals surface area contributed by atoms with E-state index in [0.29, 0.717) is 17.6 Å². The van der Waals surface area contributed by atoms with Gasteiger partial charge in [0.15, 0.2) is 5.65 Å². The molecule has 16 heavy (non-hydrogen) atoms. The summed E-state index contributed by atoms with van der Waals surface area (Å²) in [6, 6.07) is 3.35. The van der Waals surface area contributed by atoms with Gasteiger partial charge in [0.1, 0.15) is 5.82 Å². The molecule has 0 amide bonds. The van der Waals surface area contributed by atoms with Gasteiger partial charge in [-0.3, -0.25) is 0 Å². The highest BCUT2D eigenvalue weighted by molar-refractivity contribution is 5.43. The van der Waals surface area contributed by atoms with Crippen molar-refractivity contribution in [2.75, 3.05) is 18.4 Å². The fourth-order valence-corrected chi connectivity index (χ4v) is 1.88. The molecular weight excluding hydrogens is 209 g/mol. The van der Waals surface area contributed by atoms with Gasteiger partial charge in [-0.1, -0.05) is 0 Å². The second-order valence-corrected chi connectivity index (χ2v) is 3.92. The first-order valence-electron chi connectivity index (χ1n) is 5.30. The Morgan fingerprint density at radius 1 is 1.50 bits per heavy atom. The minimum Gasteiger partial charge on any atom is -0.349 e.